The maximum absolute atomic E-state index is 11.2. The van der Waals surface area contributed by atoms with Crippen LogP contribution in [-0.4, -0.2) is 34.7 Å². The molecule has 4 heteroatoms. The summed E-state index contributed by atoms with van der Waals surface area (Å²) < 4.78 is 0. The van der Waals surface area contributed by atoms with Gasteiger partial charge in [-0.2, -0.15) is 0 Å². The Morgan fingerprint density at radius 2 is 0.881 bits per heavy atom. The molecule has 2 N–H and O–H groups in total. The Labute approximate surface area is 255 Å². The number of hydrogen-bond donors (Lipinski definition) is 2. The average Bonchev–Trinajstić information content (AvgIpc) is 2.85. The first-order valence-corrected chi connectivity index (χ1v) is 16.0. The summed E-state index contributed by atoms with van der Waals surface area (Å²) in [7, 11) is 0. The molecule has 230 valence electrons. The molecule has 5 rings (SSSR count). The Balaban J connectivity index is 1.57. The maximum atomic E-state index is 11.2. The van der Waals surface area contributed by atoms with Gasteiger partial charge >= 0.3 is 0 Å². The van der Waals surface area contributed by atoms with Crippen molar-refractivity contribution < 1.29 is 10.2 Å². The van der Waals surface area contributed by atoms with Crippen molar-refractivity contribution in [2.75, 3.05) is 0 Å². The highest BCUT2D eigenvalue weighted by molar-refractivity contribution is 5.86. The molecular weight excluding hydrogens is 516 g/mol. The third-order valence-corrected chi connectivity index (χ3v) is 9.52. The van der Waals surface area contributed by atoms with Crippen molar-refractivity contribution in [3.8, 4) is 11.5 Å². The Morgan fingerprint density at radius 1 is 0.548 bits per heavy atom. The number of benzene rings is 2. The Kier molecular flexibility index (Phi) is 8.57. The number of hydrogen-bond acceptors (Lipinski definition) is 4. The van der Waals surface area contributed by atoms with Gasteiger partial charge in [-0.05, 0) is 82.4 Å². The van der Waals surface area contributed by atoms with Crippen LogP contribution in [0.1, 0.15) is 142 Å². The number of nitrogens with zero attached hydrogens (tertiary/aromatic N) is 2. The molecule has 3 aliphatic rings. The number of phenolic OH excluding ortho intramolecular Hbond substituents is 2. The second-order valence-corrected chi connectivity index (χ2v) is 17.2. The molecule has 2 bridgehead atoms. The van der Waals surface area contributed by atoms with E-state index in [1.54, 1.807) is 0 Å². The van der Waals surface area contributed by atoms with Crippen LogP contribution >= 0.6 is 0 Å². The third-order valence-electron chi connectivity index (χ3n) is 9.52. The van der Waals surface area contributed by atoms with Crippen LogP contribution < -0.4 is 0 Å². The van der Waals surface area contributed by atoms with Gasteiger partial charge < -0.3 is 10.2 Å². The van der Waals surface area contributed by atoms with E-state index in [2.05, 4.69) is 107 Å². The third kappa shape index (κ3) is 6.95. The van der Waals surface area contributed by atoms with Gasteiger partial charge in [0.25, 0.3) is 0 Å². The number of rotatable bonds is 4. The molecule has 4 nitrogen and oxygen atoms in total. The van der Waals surface area contributed by atoms with Gasteiger partial charge in [-0.25, -0.2) is 0 Å². The summed E-state index contributed by atoms with van der Waals surface area (Å²) in [5, 5.41) is 22.5. The summed E-state index contributed by atoms with van der Waals surface area (Å²) in [6, 6.07) is 9.08. The lowest BCUT2D eigenvalue weighted by atomic mass is 9.65. The summed E-state index contributed by atoms with van der Waals surface area (Å²) >= 11 is 0. The van der Waals surface area contributed by atoms with E-state index in [4.69, 9.17) is 9.98 Å². The van der Waals surface area contributed by atoms with Gasteiger partial charge in [-0.1, -0.05) is 95.2 Å². The largest absolute Gasteiger partial charge is 0.507 e. The normalized spacial score (nSPS) is 23.8. The molecule has 0 heterocycles. The standard InChI is InChI=1S/C38H56N2O2/c1-35(2,3)27-15-25(33(41)29(19-27)37(7,8)9)21-39-31-17-24-14-13-23(31)18-32(24)40-22-26-16-28(36(4,5)6)20-30(34(26)42)38(10,11)12/h15-16,19-24,31-32,41-42H,13-14,17-18H2,1-12H3/t23-,24-,31+,32+/m0/s1. The van der Waals surface area contributed by atoms with E-state index in [9.17, 15) is 10.2 Å². The van der Waals surface area contributed by atoms with E-state index >= 15 is 0 Å². The fourth-order valence-electron chi connectivity index (χ4n) is 6.61. The van der Waals surface area contributed by atoms with E-state index in [0.717, 1.165) is 35.1 Å². The van der Waals surface area contributed by atoms with Crippen LogP contribution in [0.5, 0.6) is 11.5 Å². The summed E-state index contributed by atoms with van der Waals surface area (Å²) in [5.74, 6) is 1.69. The topological polar surface area (TPSA) is 65.2 Å². The highest BCUT2D eigenvalue weighted by Crippen LogP contribution is 2.45. The second-order valence-electron chi connectivity index (χ2n) is 17.2. The molecule has 0 unspecified atom stereocenters. The molecule has 3 aliphatic carbocycles. The lowest BCUT2D eigenvalue weighted by Crippen LogP contribution is -2.42. The van der Waals surface area contributed by atoms with Crippen molar-refractivity contribution >= 4 is 12.4 Å². The first-order chi connectivity index (χ1) is 19.2. The molecule has 2 aromatic rings. The summed E-state index contributed by atoms with van der Waals surface area (Å²) in [6.07, 6.45) is 8.28. The van der Waals surface area contributed by atoms with Crippen LogP contribution in [-0.2, 0) is 21.7 Å². The van der Waals surface area contributed by atoms with Crippen LogP contribution in [0.15, 0.2) is 34.3 Å². The van der Waals surface area contributed by atoms with Crippen LogP contribution in [0.25, 0.3) is 0 Å². The van der Waals surface area contributed by atoms with Crippen molar-refractivity contribution in [1.82, 2.24) is 0 Å². The van der Waals surface area contributed by atoms with Crippen LogP contribution in [0.4, 0.5) is 0 Å². The summed E-state index contributed by atoms with van der Waals surface area (Å²) in [4.78, 5) is 10.2. The Bertz CT molecular complexity index is 1250. The zero-order chi connectivity index (χ0) is 31.4. The molecule has 3 saturated carbocycles. The minimum absolute atomic E-state index is 0.0140. The predicted molar refractivity (Wildman–Crippen MR) is 179 cm³/mol. The molecule has 0 spiro atoms. The molecular formula is C38H56N2O2. The monoisotopic (exact) mass is 572 g/mol. The van der Waals surface area contributed by atoms with Crippen molar-refractivity contribution in [2.24, 2.45) is 21.8 Å². The Hall–Kier alpha value is -2.62. The van der Waals surface area contributed by atoms with Crippen molar-refractivity contribution in [2.45, 2.75) is 143 Å². The first kappa shape index (κ1) is 32.3. The van der Waals surface area contributed by atoms with E-state index in [1.807, 2.05) is 12.4 Å². The van der Waals surface area contributed by atoms with Gasteiger partial charge in [0.1, 0.15) is 11.5 Å². The SMILES string of the molecule is CC(C)(C)c1cc(C=N[C@@H]2C[C@@H]3CC[C@H]2C[C@H]3N=Cc2cc(C(C)(C)C)cc(C(C)(C)C)c2O)c(O)c(C(C)(C)C)c1. The number of phenols is 2. The summed E-state index contributed by atoms with van der Waals surface area (Å²) in [5.41, 5.74) is 5.71. The van der Waals surface area contributed by atoms with Crippen LogP contribution in [0.2, 0.25) is 0 Å². The second kappa shape index (κ2) is 11.1. The highest BCUT2D eigenvalue weighted by atomic mass is 16.3. The minimum atomic E-state index is -0.155. The van der Waals surface area contributed by atoms with E-state index in [0.29, 0.717) is 23.3 Å². The van der Waals surface area contributed by atoms with Crippen molar-refractivity contribution in [3.63, 3.8) is 0 Å². The zero-order valence-electron chi connectivity index (χ0n) is 28.4. The van der Waals surface area contributed by atoms with Gasteiger partial charge in [-0.15, -0.1) is 0 Å². The van der Waals surface area contributed by atoms with Crippen LogP contribution in [0.3, 0.4) is 0 Å². The smallest absolute Gasteiger partial charge is 0.128 e. The quantitative estimate of drug-likeness (QED) is 0.358. The van der Waals surface area contributed by atoms with E-state index in [1.165, 1.54) is 24.0 Å². The molecule has 3 fully saturated rings. The average molecular weight is 573 g/mol. The van der Waals surface area contributed by atoms with Crippen molar-refractivity contribution in [1.29, 1.82) is 0 Å². The molecule has 2 aromatic carbocycles. The van der Waals surface area contributed by atoms with Gasteiger partial charge in [0.2, 0.25) is 0 Å². The molecule has 0 aliphatic heterocycles. The fraction of sp³-hybridized carbons (Fsp3) is 0.632. The number of fused-ring (bicyclic) bond motifs is 3. The van der Waals surface area contributed by atoms with Gasteiger partial charge in [-0.3, -0.25) is 9.98 Å². The highest BCUT2D eigenvalue weighted by Gasteiger charge is 2.41. The fourth-order valence-corrected chi connectivity index (χ4v) is 6.61. The van der Waals surface area contributed by atoms with E-state index < -0.39 is 0 Å². The van der Waals surface area contributed by atoms with Crippen LogP contribution in [0, 0.1) is 11.8 Å². The number of aromatic hydroxyl groups is 2. The lowest BCUT2D eigenvalue weighted by Gasteiger charge is -2.44. The zero-order valence-corrected chi connectivity index (χ0v) is 28.4. The number of aliphatic imine (C=N–C) groups is 2. The maximum Gasteiger partial charge on any atom is 0.128 e. The van der Waals surface area contributed by atoms with Gasteiger partial charge in [0, 0.05) is 34.7 Å². The molecule has 42 heavy (non-hydrogen) atoms. The van der Waals surface area contributed by atoms with E-state index in [-0.39, 0.29) is 33.7 Å². The molecule has 0 radical (unpaired) electrons. The minimum Gasteiger partial charge on any atom is -0.507 e. The molecule has 0 aromatic heterocycles. The molecule has 0 amide bonds. The van der Waals surface area contributed by atoms with Gasteiger partial charge in [0.05, 0.1) is 12.1 Å². The van der Waals surface area contributed by atoms with Gasteiger partial charge in [0.15, 0.2) is 0 Å². The Morgan fingerprint density at radius 3 is 1.14 bits per heavy atom. The van der Waals surface area contributed by atoms with Crippen molar-refractivity contribution in [3.05, 3.63) is 57.6 Å². The lowest BCUT2D eigenvalue weighted by molar-refractivity contribution is 0.125. The molecule has 4 atom stereocenters. The predicted octanol–water partition coefficient (Wildman–Crippen LogP) is 9.38. The first-order valence-electron chi connectivity index (χ1n) is 16.0. The molecule has 0 saturated heterocycles. The summed E-state index contributed by atoms with van der Waals surface area (Å²) in [6.45, 7) is 26.2.